The molecule has 1 aromatic heterocycles. The van der Waals surface area contributed by atoms with Crippen LogP contribution >= 0.6 is 0 Å². The van der Waals surface area contributed by atoms with Gasteiger partial charge in [-0.1, -0.05) is 12.8 Å². The van der Waals surface area contributed by atoms with Crippen molar-refractivity contribution >= 4 is 5.97 Å². The smallest absolute Gasteiger partial charge is 0.339 e. The van der Waals surface area contributed by atoms with E-state index in [1.807, 2.05) is 0 Å². The fourth-order valence-corrected chi connectivity index (χ4v) is 5.10. The zero-order valence-electron chi connectivity index (χ0n) is 16.1. The van der Waals surface area contributed by atoms with Gasteiger partial charge in [-0.3, -0.25) is 4.79 Å². The Kier molecular flexibility index (Phi) is 4.89. The molecule has 27 heavy (non-hydrogen) atoms. The number of rotatable bonds is 5. The Bertz CT molecular complexity index is 777. The van der Waals surface area contributed by atoms with E-state index in [9.17, 15) is 14.7 Å². The van der Waals surface area contributed by atoms with Crippen molar-refractivity contribution in [3.8, 4) is 0 Å². The number of hydrogen-bond acceptors (Lipinski definition) is 5. The second-order valence-corrected chi connectivity index (χ2v) is 8.55. The first-order chi connectivity index (χ1) is 13.0. The summed E-state index contributed by atoms with van der Waals surface area (Å²) in [6, 6.07) is 1.59. The van der Waals surface area contributed by atoms with Gasteiger partial charge in [0.05, 0.1) is 24.3 Å². The highest BCUT2D eigenvalue weighted by molar-refractivity contribution is 5.91. The monoisotopic (exact) mass is 374 g/mol. The van der Waals surface area contributed by atoms with Gasteiger partial charge in [0.15, 0.2) is 0 Å². The molecule has 148 valence electrons. The molecule has 4 rings (SSSR count). The first-order valence-corrected chi connectivity index (χ1v) is 10.3. The molecule has 6 heteroatoms. The molecule has 2 N–H and O–H groups in total. The number of carbonyl (C=O) groups excluding carboxylic acids is 1. The summed E-state index contributed by atoms with van der Waals surface area (Å²) in [5, 5.41) is 15.0. The van der Waals surface area contributed by atoms with E-state index in [1.54, 1.807) is 23.8 Å². The molecule has 2 saturated carbocycles. The quantitative estimate of drug-likeness (QED) is 0.772. The predicted octanol–water partition coefficient (Wildman–Crippen LogP) is 2.19. The number of pyridine rings is 1. The topological polar surface area (TPSA) is 80.6 Å². The van der Waals surface area contributed by atoms with E-state index in [0.717, 1.165) is 57.2 Å². The normalized spacial score (nSPS) is 27.0. The van der Waals surface area contributed by atoms with Crippen LogP contribution in [0.4, 0.5) is 0 Å². The maximum Gasteiger partial charge on any atom is 0.339 e. The number of nitrogens with one attached hydrogen (secondary N) is 1. The Labute approximate surface area is 159 Å². The Morgan fingerprint density at radius 3 is 2.74 bits per heavy atom. The molecule has 1 unspecified atom stereocenters. The number of hydrogen-bond donors (Lipinski definition) is 2. The van der Waals surface area contributed by atoms with Crippen molar-refractivity contribution in [1.29, 1.82) is 0 Å². The molecular weight excluding hydrogens is 344 g/mol. The Morgan fingerprint density at radius 1 is 1.33 bits per heavy atom. The molecule has 3 fully saturated rings. The van der Waals surface area contributed by atoms with E-state index in [2.05, 4.69) is 5.32 Å². The molecule has 3 aliphatic rings. The highest BCUT2D eigenvalue weighted by Crippen LogP contribution is 2.50. The van der Waals surface area contributed by atoms with E-state index in [4.69, 9.17) is 4.74 Å². The third-order valence-corrected chi connectivity index (χ3v) is 6.83. The van der Waals surface area contributed by atoms with Gasteiger partial charge >= 0.3 is 5.97 Å². The highest BCUT2D eigenvalue weighted by atomic mass is 16.5. The first-order valence-electron chi connectivity index (χ1n) is 10.3. The molecule has 6 nitrogen and oxygen atoms in total. The molecule has 1 aromatic rings. The summed E-state index contributed by atoms with van der Waals surface area (Å²) in [6.07, 6.45) is 8.48. The molecule has 0 amide bonds. The van der Waals surface area contributed by atoms with Gasteiger partial charge in [0.1, 0.15) is 0 Å². The summed E-state index contributed by atoms with van der Waals surface area (Å²) in [4.78, 5) is 25.3. The summed E-state index contributed by atoms with van der Waals surface area (Å²) in [5.74, 6) is -0.0871. The van der Waals surface area contributed by atoms with Crippen LogP contribution in [0.5, 0.6) is 0 Å². The minimum Gasteiger partial charge on any atom is -0.462 e. The summed E-state index contributed by atoms with van der Waals surface area (Å²) in [6.45, 7) is 3.87. The third-order valence-electron chi connectivity index (χ3n) is 6.83. The molecule has 2 heterocycles. The average molecular weight is 374 g/mol. The number of esters is 1. The van der Waals surface area contributed by atoms with E-state index < -0.39 is 5.60 Å². The lowest BCUT2D eigenvalue weighted by atomic mass is 9.66. The highest BCUT2D eigenvalue weighted by Gasteiger charge is 2.53. The van der Waals surface area contributed by atoms with Crippen LogP contribution in [0.3, 0.4) is 0 Å². The van der Waals surface area contributed by atoms with Crippen LogP contribution in [0.15, 0.2) is 17.1 Å². The fourth-order valence-electron chi connectivity index (χ4n) is 5.10. The second-order valence-electron chi connectivity index (χ2n) is 8.55. The van der Waals surface area contributed by atoms with Crippen LogP contribution in [0.25, 0.3) is 0 Å². The van der Waals surface area contributed by atoms with Gasteiger partial charge in [-0.15, -0.1) is 0 Å². The number of aliphatic hydroxyl groups is 1. The van der Waals surface area contributed by atoms with E-state index in [1.165, 1.54) is 0 Å². The van der Waals surface area contributed by atoms with Crippen molar-refractivity contribution in [2.45, 2.75) is 69.9 Å². The molecule has 1 saturated heterocycles. The van der Waals surface area contributed by atoms with Crippen molar-refractivity contribution < 1.29 is 14.6 Å². The number of piperidine rings is 1. The predicted molar refractivity (Wildman–Crippen MR) is 102 cm³/mol. The van der Waals surface area contributed by atoms with Crippen LogP contribution in [0, 0.1) is 5.41 Å². The van der Waals surface area contributed by atoms with Gasteiger partial charge in [-0.2, -0.15) is 0 Å². The summed E-state index contributed by atoms with van der Waals surface area (Å²) in [7, 11) is 0. The van der Waals surface area contributed by atoms with Gasteiger partial charge in [0.25, 0.3) is 5.56 Å². The lowest BCUT2D eigenvalue weighted by Gasteiger charge is -2.49. The van der Waals surface area contributed by atoms with Crippen LogP contribution < -0.4 is 10.9 Å². The van der Waals surface area contributed by atoms with E-state index in [-0.39, 0.29) is 29.4 Å². The second kappa shape index (κ2) is 7.06. The van der Waals surface area contributed by atoms with Crippen molar-refractivity contribution in [3.63, 3.8) is 0 Å². The van der Waals surface area contributed by atoms with Crippen molar-refractivity contribution in [3.05, 3.63) is 33.7 Å². The lowest BCUT2D eigenvalue weighted by molar-refractivity contribution is -0.115. The molecule has 1 spiro atoms. The number of nitrogens with zero attached hydrogens (tertiary/aromatic N) is 1. The molecule has 2 aliphatic carbocycles. The molecule has 0 radical (unpaired) electrons. The Balaban J connectivity index is 1.69. The fraction of sp³-hybridized carbons (Fsp3) is 0.714. The van der Waals surface area contributed by atoms with Crippen LogP contribution in [0.1, 0.15) is 73.7 Å². The lowest BCUT2D eigenvalue weighted by Crippen LogP contribution is -2.60. The maximum atomic E-state index is 12.8. The molecule has 0 bridgehead atoms. The van der Waals surface area contributed by atoms with Crippen molar-refractivity contribution in [2.75, 3.05) is 19.7 Å². The van der Waals surface area contributed by atoms with Crippen LogP contribution in [-0.4, -0.2) is 40.9 Å². The molecule has 0 aromatic carbocycles. The van der Waals surface area contributed by atoms with Gasteiger partial charge < -0.3 is 19.7 Å². The van der Waals surface area contributed by atoms with Gasteiger partial charge in [0, 0.05) is 24.2 Å². The number of carbonyl (C=O) groups is 1. The Hall–Kier alpha value is -1.66. The summed E-state index contributed by atoms with van der Waals surface area (Å²) < 4.78 is 6.77. The third kappa shape index (κ3) is 3.34. The zero-order valence-corrected chi connectivity index (χ0v) is 16.1. The van der Waals surface area contributed by atoms with Gasteiger partial charge in [0.2, 0.25) is 0 Å². The summed E-state index contributed by atoms with van der Waals surface area (Å²) in [5.41, 5.74) is 0.0554. The Morgan fingerprint density at radius 2 is 2.07 bits per heavy atom. The van der Waals surface area contributed by atoms with Crippen molar-refractivity contribution in [2.24, 2.45) is 5.41 Å². The summed E-state index contributed by atoms with van der Waals surface area (Å²) >= 11 is 0. The van der Waals surface area contributed by atoms with Crippen LogP contribution in [-0.2, 0) is 11.3 Å². The minimum atomic E-state index is -0.925. The standard InChI is InChI=1S/C21H30N2O4/c1-2-27-19(25)17-12-23(18(24)11-16(17)15-5-6-15)14-21(26)9-10-22-13-20(21)7-3-4-8-20/h11-12,15,22,26H,2-10,13-14H2,1H3. The van der Waals surface area contributed by atoms with Crippen molar-refractivity contribution in [1.82, 2.24) is 9.88 Å². The largest absolute Gasteiger partial charge is 0.462 e. The maximum absolute atomic E-state index is 12.8. The van der Waals surface area contributed by atoms with Gasteiger partial charge in [-0.25, -0.2) is 4.79 Å². The molecule has 1 atom stereocenters. The minimum absolute atomic E-state index is 0.134. The number of ether oxygens (including phenoxy) is 1. The van der Waals surface area contributed by atoms with Gasteiger partial charge in [-0.05, 0) is 57.1 Å². The zero-order chi connectivity index (χ0) is 19.1. The molecule has 1 aliphatic heterocycles. The first kappa shape index (κ1) is 18.7. The average Bonchev–Trinajstić information content (AvgIpc) is 3.38. The molecular formula is C21H30N2O4. The van der Waals surface area contributed by atoms with E-state index in [0.29, 0.717) is 18.6 Å². The van der Waals surface area contributed by atoms with E-state index >= 15 is 0 Å². The number of aromatic nitrogens is 1. The SMILES string of the molecule is CCOC(=O)c1cn(CC2(O)CCNCC23CCCC3)c(=O)cc1C1CC1. The van der Waals surface area contributed by atoms with Crippen LogP contribution in [0.2, 0.25) is 0 Å².